The second kappa shape index (κ2) is 5.83. The van der Waals surface area contributed by atoms with Gasteiger partial charge in [0.15, 0.2) is 0 Å². The summed E-state index contributed by atoms with van der Waals surface area (Å²) in [6, 6.07) is 13.7. The molecule has 5 aromatic rings. The minimum Gasteiger partial charge on any atom is -0.353 e. The zero-order chi connectivity index (χ0) is 19.2. The van der Waals surface area contributed by atoms with Crippen LogP contribution in [-0.4, -0.2) is 33.7 Å². The highest BCUT2D eigenvalue weighted by Crippen LogP contribution is 2.43. The molecule has 1 aliphatic heterocycles. The van der Waals surface area contributed by atoms with Gasteiger partial charge in [-0.1, -0.05) is 36.4 Å². The Balaban J connectivity index is 0.00000181. The maximum absolute atomic E-state index is 13.1. The molecule has 0 atom stereocenters. The highest BCUT2D eigenvalue weighted by molar-refractivity contribution is 6.39. The van der Waals surface area contributed by atoms with E-state index < -0.39 is 0 Å². The van der Waals surface area contributed by atoms with E-state index in [-0.39, 0.29) is 24.2 Å². The molecule has 3 heterocycles. The summed E-state index contributed by atoms with van der Waals surface area (Å²) in [4.78, 5) is 34.3. The number of hydrogen-bond acceptors (Lipinski definition) is 3. The minimum absolute atomic E-state index is 0. The average molecular weight is 405 g/mol. The van der Waals surface area contributed by atoms with Crippen molar-refractivity contribution in [3.63, 3.8) is 0 Å². The molecular formula is C22H17ClN4O2. The van der Waals surface area contributed by atoms with Crippen molar-refractivity contribution in [3.8, 4) is 0 Å². The number of halogens is 1. The summed E-state index contributed by atoms with van der Waals surface area (Å²) in [5.41, 5.74) is 11.4. The molecule has 0 radical (unpaired) electrons. The van der Waals surface area contributed by atoms with Crippen LogP contribution in [0.2, 0.25) is 0 Å². The van der Waals surface area contributed by atoms with Gasteiger partial charge in [0.25, 0.3) is 11.8 Å². The van der Waals surface area contributed by atoms with Gasteiger partial charge in [-0.15, -0.1) is 12.4 Å². The number of amides is 2. The number of hydrogen-bond donors (Lipinski definition) is 3. The number of carbonyl (C=O) groups excluding carboxylic acids is 2. The summed E-state index contributed by atoms with van der Waals surface area (Å²) in [6.45, 7) is 0.384. The Morgan fingerprint density at radius 1 is 0.828 bits per heavy atom. The predicted molar refractivity (Wildman–Crippen MR) is 117 cm³/mol. The summed E-state index contributed by atoms with van der Waals surface area (Å²) in [6.07, 6.45) is 0. The van der Waals surface area contributed by atoms with Crippen LogP contribution >= 0.6 is 12.4 Å². The third-order valence-electron chi connectivity index (χ3n) is 5.88. The number of aromatic amines is 2. The molecule has 1 aliphatic rings. The Hall–Kier alpha value is -3.35. The van der Waals surface area contributed by atoms with E-state index in [0.29, 0.717) is 17.7 Å². The van der Waals surface area contributed by atoms with Crippen molar-refractivity contribution < 1.29 is 9.59 Å². The first-order valence-electron chi connectivity index (χ1n) is 9.14. The number of nitrogens with one attached hydrogen (secondary N) is 2. The molecule has 0 saturated carbocycles. The van der Waals surface area contributed by atoms with Crippen molar-refractivity contribution in [2.75, 3.05) is 7.05 Å². The van der Waals surface area contributed by atoms with Crippen LogP contribution in [0, 0.1) is 0 Å². The molecule has 0 aliphatic carbocycles. The van der Waals surface area contributed by atoms with Gasteiger partial charge in [-0.25, -0.2) is 0 Å². The summed E-state index contributed by atoms with van der Waals surface area (Å²) >= 11 is 0. The van der Waals surface area contributed by atoms with Gasteiger partial charge in [-0.2, -0.15) is 0 Å². The van der Waals surface area contributed by atoms with Crippen molar-refractivity contribution >= 4 is 67.8 Å². The maximum atomic E-state index is 13.1. The fraction of sp³-hybridized carbons (Fsp3) is 0.0909. The van der Waals surface area contributed by atoms with Gasteiger partial charge in [0, 0.05) is 40.7 Å². The Labute approximate surface area is 171 Å². The van der Waals surface area contributed by atoms with E-state index in [1.807, 2.05) is 42.5 Å². The predicted octanol–water partition coefficient (Wildman–Crippen LogP) is 4.06. The zero-order valence-corrected chi connectivity index (χ0v) is 16.3. The van der Waals surface area contributed by atoms with Crippen LogP contribution in [-0.2, 0) is 6.54 Å². The quantitative estimate of drug-likeness (QED) is 0.367. The highest BCUT2D eigenvalue weighted by atomic mass is 35.5. The number of fused-ring (bicyclic) bond motifs is 10. The number of aromatic nitrogens is 2. The number of imide groups is 1. The molecule has 0 bridgehead atoms. The van der Waals surface area contributed by atoms with Gasteiger partial charge in [-0.05, 0) is 11.6 Å². The number of H-pyrrole nitrogens is 2. The first-order valence-corrected chi connectivity index (χ1v) is 9.14. The smallest absolute Gasteiger partial charge is 0.262 e. The van der Waals surface area contributed by atoms with E-state index >= 15 is 0 Å². The van der Waals surface area contributed by atoms with Crippen molar-refractivity contribution in [1.82, 2.24) is 14.9 Å². The summed E-state index contributed by atoms with van der Waals surface area (Å²) in [7, 11) is 1.54. The van der Waals surface area contributed by atoms with Gasteiger partial charge in [0.2, 0.25) is 0 Å². The molecule has 3 aromatic carbocycles. The normalized spacial score (nSPS) is 13.8. The molecular weight excluding hydrogens is 388 g/mol. The highest BCUT2D eigenvalue weighted by Gasteiger charge is 2.38. The Kier molecular flexibility index (Phi) is 3.56. The first kappa shape index (κ1) is 17.7. The monoisotopic (exact) mass is 404 g/mol. The van der Waals surface area contributed by atoms with E-state index in [0.717, 1.165) is 49.2 Å². The van der Waals surface area contributed by atoms with Crippen LogP contribution in [0.1, 0.15) is 26.3 Å². The van der Waals surface area contributed by atoms with Crippen LogP contribution in [0.3, 0.4) is 0 Å². The van der Waals surface area contributed by atoms with Crippen LogP contribution in [0.4, 0.5) is 0 Å². The van der Waals surface area contributed by atoms with Gasteiger partial charge >= 0.3 is 0 Å². The average Bonchev–Trinajstić information content (AvgIpc) is 3.35. The lowest BCUT2D eigenvalue weighted by molar-refractivity contribution is 0.0694. The molecule has 6 rings (SSSR count). The van der Waals surface area contributed by atoms with Crippen LogP contribution < -0.4 is 5.73 Å². The van der Waals surface area contributed by atoms with Crippen LogP contribution in [0.15, 0.2) is 42.5 Å². The fourth-order valence-corrected chi connectivity index (χ4v) is 4.59. The van der Waals surface area contributed by atoms with Crippen molar-refractivity contribution in [2.45, 2.75) is 6.54 Å². The number of nitrogens with zero attached hydrogens (tertiary/aromatic N) is 1. The van der Waals surface area contributed by atoms with Gasteiger partial charge in [0.1, 0.15) is 0 Å². The summed E-state index contributed by atoms with van der Waals surface area (Å²) in [5.74, 6) is -0.530. The Morgan fingerprint density at radius 3 is 2.17 bits per heavy atom. The topological polar surface area (TPSA) is 95.0 Å². The lowest BCUT2D eigenvalue weighted by Crippen LogP contribution is -2.24. The minimum atomic E-state index is -0.267. The largest absolute Gasteiger partial charge is 0.353 e. The molecule has 0 fully saturated rings. The summed E-state index contributed by atoms with van der Waals surface area (Å²) in [5, 5.41) is 3.42. The van der Waals surface area contributed by atoms with Crippen molar-refractivity contribution in [3.05, 3.63) is 59.2 Å². The first-order chi connectivity index (χ1) is 13.6. The molecule has 0 unspecified atom stereocenters. The van der Waals surface area contributed by atoms with E-state index in [4.69, 9.17) is 5.73 Å². The second-order valence-corrected chi connectivity index (χ2v) is 7.26. The lowest BCUT2D eigenvalue weighted by Gasteiger charge is -2.03. The Morgan fingerprint density at radius 2 is 1.45 bits per heavy atom. The van der Waals surface area contributed by atoms with E-state index in [1.165, 1.54) is 11.9 Å². The number of rotatable bonds is 1. The number of carbonyl (C=O) groups is 2. The third kappa shape index (κ3) is 1.99. The molecule has 4 N–H and O–H groups in total. The van der Waals surface area contributed by atoms with Crippen LogP contribution in [0.25, 0.3) is 43.6 Å². The maximum Gasteiger partial charge on any atom is 0.262 e. The van der Waals surface area contributed by atoms with E-state index in [2.05, 4.69) is 9.97 Å². The second-order valence-electron chi connectivity index (χ2n) is 7.26. The molecule has 144 valence electrons. The number of benzene rings is 3. The van der Waals surface area contributed by atoms with Crippen LogP contribution in [0.5, 0.6) is 0 Å². The van der Waals surface area contributed by atoms with E-state index in [1.54, 1.807) is 0 Å². The van der Waals surface area contributed by atoms with Crippen molar-refractivity contribution in [1.29, 1.82) is 0 Å². The standard InChI is InChI=1S/C22H16N4O2.ClH/c1-26-21(27)16-14-11-6-2-3-8-13(11)24-19(14)20-15(17(16)22(26)28)12-7-4-5-10(9-23)18(12)25-20;/h2-8,24-25H,9,23H2,1H3;1H. The molecule has 2 aromatic heterocycles. The molecule has 7 heteroatoms. The molecule has 0 spiro atoms. The number of nitrogens with two attached hydrogens (primary N) is 1. The lowest BCUT2D eigenvalue weighted by atomic mass is 9.96. The summed E-state index contributed by atoms with van der Waals surface area (Å²) < 4.78 is 0. The zero-order valence-electron chi connectivity index (χ0n) is 15.5. The molecule has 6 nitrogen and oxygen atoms in total. The number of para-hydroxylation sites is 2. The van der Waals surface area contributed by atoms with E-state index in [9.17, 15) is 9.59 Å². The Bertz CT molecular complexity index is 1510. The van der Waals surface area contributed by atoms with Crippen molar-refractivity contribution in [2.24, 2.45) is 5.73 Å². The molecule has 2 amide bonds. The molecule has 0 saturated heterocycles. The van der Waals surface area contributed by atoms with Gasteiger partial charge < -0.3 is 15.7 Å². The van der Waals surface area contributed by atoms with Gasteiger partial charge in [-0.3, -0.25) is 14.5 Å². The fourth-order valence-electron chi connectivity index (χ4n) is 4.59. The third-order valence-corrected chi connectivity index (χ3v) is 5.88. The molecule has 29 heavy (non-hydrogen) atoms. The SMILES string of the molecule is CN1C(=O)c2c(c3c4cccc(CN)c4[nH]c3c3[nH]c4ccccc4c23)C1=O.Cl. The van der Waals surface area contributed by atoms with Gasteiger partial charge in [0.05, 0.1) is 27.7 Å².